The maximum Gasteiger partial charge on any atom is 0.233 e. The molecule has 2 heterocycles. The molecule has 2 aliphatic heterocycles. The van der Waals surface area contributed by atoms with Crippen molar-refractivity contribution in [1.82, 2.24) is 10.6 Å². The van der Waals surface area contributed by atoms with Gasteiger partial charge in [0.15, 0.2) is 0 Å². The van der Waals surface area contributed by atoms with Crippen LogP contribution in [0.5, 0.6) is 0 Å². The second-order valence-electron chi connectivity index (χ2n) is 5.38. The number of hydrogen-bond donors (Lipinski definition) is 2. The van der Waals surface area contributed by atoms with Crippen LogP contribution in [0.25, 0.3) is 0 Å². The van der Waals surface area contributed by atoms with E-state index in [-0.39, 0.29) is 23.6 Å². The van der Waals surface area contributed by atoms with Crippen molar-refractivity contribution in [2.45, 2.75) is 29.4 Å². The minimum Gasteiger partial charge on any atom is -0.355 e. The van der Waals surface area contributed by atoms with Gasteiger partial charge in [0.2, 0.25) is 5.91 Å². The molecule has 2 atom stereocenters. The molecule has 2 unspecified atom stereocenters. The molecular weight excluding hydrogens is 292 g/mol. The van der Waals surface area contributed by atoms with Gasteiger partial charge in [-0.1, -0.05) is 18.2 Å². The first-order chi connectivity index (χ1) is 9.33. The second-order valence-corrected chi connectivity index (χ2v) is 6.62. The molecule has 1 aromatic rings. The van der Waals surface area contributed by atoms with Gasteiger partial charge in [-0.3, -0.25) is 4.79 Å². The molecule has 3 rings (SSSR count). The number of halogens is 1. The van der Waals surface area contributed by atoms with Crippen LogP contribution in [0.3, 0.4) is 0 Å². The smallest absolute Gasteiger partial charge is 0.233 e. The molecule has 1 fully saturated rings. The van der Waals surface area contributed by atoms with E-state index in [0.29, 0.717) is 5.92 Å². The average molecular weight is 313 g/mol. The first-order valence-electron chi connectivity index (χ1n) is 7.06. The van der Waals surface area contributed by atoms with Crippen molar-refractivity contribution in [3.63, 3.8) is 0 Å². The van der Waals surface area contributed by atoms with Crippen LogP contribution in [-0.2, 0) is 11.2 Å². The Hall–Kier alpha value is -0.710. The number of piperidine rings is 1. The zero-order valence-corrected chi connectivity index (χ0v) is 13.1. The van der Waals surface area contributed by atoms with Gasteiger partial charge in [0, 0.05) is 11.4 Å². The number of nitrogens with one attached hydrogen (secondary N) is 2. The van der Waals surface area contributed by atoms with Crippen molar-refractivity contribution in [2.24, 2.45) is 5.92 Å². The molecule has 3 nitrogen and oxygen atoms in total. The summed E-state index contributed by atoms with van der Waals surface area (Å²) in [6.45, 7) is 2.98. The standard InChI is InChI=1S/C15H20N2OS.ClH/c18-15(17-10-11-4-3-7-16-9-11)14-8-12-5-1-2-6-13(12)19-14;/h1-2,5-6,11,14,16H,3-4,7-10H2,(H,17,18);1H. The van der Waals surface area contributed by atoms with Gasteiger partial charge < -0.3 is 10.6 Å². The Kier molecular flexibility index (Phi) is 5.75. The second kappa shape index (κ2) is 7.34. The molecule has 5 heteroatoms. The summed E-state index contributed by atoms with van der Waals surface area (Å²) in [5.41, 5.74) is 1.31. The molecule has 1 aromatic carbocycles. The quantitative estimate of drug-likeness (QED) is 0.899. The minimum absolute atomic E-state index is 0. The molecule has 2 N–H and O–H groups in total. The Morgan fingerprint density at radius 3 is 3.00 bits per heavy atom. The monoisotopic (exact) mass is 312 g/mol. The van der Waals surface area contributed by atoms with Crippen molar-refractivity contribution >= 4 is 30.1 Å². The Balaban J connectivity index is 0.00000147. The van der Waals surface area contributed by atoms with Crippen molar-refractivity contribution in [1.29, 1.82) is 0 Å². The van der Waals surface area contributed by atoms with Gasteiger partial charge in [-0.15, -0.1) is 24.2 Å². The fourth-order valence-electron chi connectivity index (χ4n) is 2.79. The molecule has 2 aliphatic rings. The zero-order chi connectivity index (χ0) is 13.1. The van der Waals surface area contributed by atoms with Gasteiger partial charge in [-0.05, 0) is 49.9 Å². The first kappa shape index (κ1) is 15.7. The lowest BCUT2D eigenvalue weighted by Crippen LogP contribution is -2.40. The van der Waals surface area contributed by atoms with Crippen LogP contribution in [0, 0.1) is 5.92 Å². The summed E-state index contributed by atoms with van der Waals surface area (Å²) in [5.74, 6) is 0.804. The topological polar surface area (TPSA) is 41.1 Å². The number of thioether (sulfide) groups is 1. The van der Waals surface area contributed by atoms with E-state index in [9.17, 15) is 4.79 Å². The number of amides is 1. The number of carbonyl (C=O) groups is 1. The fourth-order valence-corrected chi connectivity index (χ4v) is 4.00. The molecular formula is C15H21ClN2OS. The van der Waals surface area contributed by atoms with Crippen LogP contribution in [-0.4, -0.2) is 30.8 Å². The van der Waals surface area contributed by atoms with Crippen LogP contribution in [0.1, 0.15) is 18.4 Å². The van der Waals surface area contributed by atoms with Gasteiger partial charge in [0.25, 0.3) is 0 Å². The summed E-state index contributed by atoms with van der Waals surface area (Å²) < 4.78 is 0. The number of carbonyl (C=O) groups excluding carboxylic acids is 1. The van der Waals surface area contributed by atoms with Gasteiger partial charge in [0.1, 0.15) is 0 Å². The SMILES string of the molecule is Cl.O=C(NCC1CCCNC1)C1Cc2ccccc2S1. The maximum absolute atomic E-state index is 12.2. The third kappa shape index (κ3) is 3.68. The summed E-state index contributed by atoms with van der Waals surface area (Å²) >= 11 is 1.70. The van der Waals surface area contributed by atoms with Crippen LogP contribution < -0.4 is 10.6 Å². The molecule has 1 amide bonds. The summed E-state index contributed by atoms with van der Waals surface area (Å²) in [5, 5.41) is 6.58. The van der Waals surface area contributed by atoms with E-state index in [2.05, 4.69) is 22.8 Å². The summed E-state index contributed by atoms with van der Waals surface area (Å²) in [6.07, 6.45) is 3.32. The van der Waals surface area contributed by atoms with E-state index < -0.39 is 0 Å². The van der Waals surface area contributed by atoms with Crippen molar-refractivity contribution in [2.75, 3.05) is 19.6 Å². The van der Waals surface area contributed by atoms with E-state index in [1.165, 1.54) is 23.3 Å². The van der Waals surface area contributed by atoms with Crippen LogP contribution in [0.15, 0.2) is 29.2 Å². The van der Waals surface area contributed by atoms with E-state index in [1.807, 2.05) is 12.1 Å². The highest BCUT2D eigenvalue weighted by Crippen LogP contribution is 2.36. The highest BCUT2D eigenvalue weighted by molar-refractivity contribution is 8.01. The molecule has 110 valence electrons. The van der Waals surface area contributed by atoms with Crippen molar-refractivity contribution < 1.29 is 4.79 Å². The fraction of sp³-hybridized carbons (Fsp3) is 0.533. The average Bonchev–Trinajstić information content (AvgIpc) is 2.90. The number of rotatable bonds is 3. The van der Waals surface area contributed by atoms with Crippen LogP contribution in [0.2, 0.25) is 0 Å². The number of benzene rings is 1. The van der Waals surface area contributed by atoms with Crippen molar-refractivity contribution in [3.8, 4) is 0 Å². The van der Waals surface area contributed by atoms with Gasteiger partial charge in [0.05, 0.1) is 5.25 Å². The van der Waals surface area contributed by atoms with E-state index >= 15 is 0 Å². The Morgan fingerprint density at radius 1 is 1.40 bits per heavy atom. The third-order valence-electron chi connectivity index (χ3n) is 3.90. The molecule has 0 saturated carbocycles. The maximum atomic E-state index is 12.2. The third-order valence-corrected chi connectivity index (χ3v) is 5.22. The lowest BCUT2D eigenvalue weighted by molar-refractivity contribution is -0.120. The molecule has 0 radical (unpaired) electrons. The molecule has 0 aromatic heterocycles. The van der Waals surface area contributed by atoms with Crippen LogP contribution >= 0.6 is 24.2 Å². The van der Waals surface area contributed by atoms with Crippen molar-refractivity contribution in [3.05, 3.63) is 29.8 Å². The van der Waals surface area contributed by atoms with E-state index in [1.54, 1.807) is 11.8 Å². The van der Waals surface area contributed by atoms with Crippen LogP contribution in [0.4, 0.5) is 0 Å². The first-order valence-corrected chi connectivity index (χ1v) is 7.94. The minimum atomic E-state index is 0. The lowest BCUT2D eigenvalue weighted by atomic mass is 9.99. The highest BCUT2D eigenvalue weighted by atomic mass is 35.5. The van der Waals surface area contributed by atoms with E-state index in [4.69, 9.17) is 0 Å². The normalized spacial score (nSPS) is 24.6. The zero-order valence-electron chi connectivity index (χ0n) is 11.4. The summed E-state index contributed by atoms with van der Waals surface area (Å²) in [6, 6.07) is 8.33. The predicted molar refractivity (Wildman–Crippen MR) is 85.6 cm³/mol. The lowest BCUT2D eigenvalue weighted by Gasteiger charge is -2.23. The Labute approximate surface area is 130 Å². The van der Waals surface area contributed by atoms with E-state index in [0.717, 1.165) is 26.1 Å². The largest absolute Gasteiger partial charge is 0.355 e. The summed E-state index contributed by atoms with van der Waals surface area (Å²) in [7, 11) is 0. The Bertz CT molecular complexity index is 438. The Morgan fingerprint density at radius 2 is 2.25 bits per heavy atom. The van der Waals surface area contributed by atoms with Gasteiger partial charge >= 0.3 is 0 Å². The van der Waals surface area contributed by atoms with Gasteiger partial charge in [-0.2, -0.15) is 0 Å². The molecule has 0 bridgehead atoms. The predicted octanol–water partition coefficient (Wildman–Crippen LogP) is 2.24. The number of fused-ring (bicyclic) bond motifs is 1. The summed E-state index contributed by atoms with van der Waals surface area (Å²) in [4.78, 5) is 13.5. The number of hydrogen-bond acceptors (Lipinski definition) is 3. The molecule has 20 heavy (non-hydrogen) atoms. The molecule has 0 spiro atoms. The molecule has 0 aliphatic carbocycles. The molecule has 1 saturated heterocycles. The highest BCUT2D eigenvalue weighted by Gasteiger charge is 2.28. The van der Waals surface area contributed by atoms with Gasteiger partial charge in [-0.25, -0.2) is 0 Å².